The molecule has 0 aromatic rings. The highest BCUT2D eigenvalue weighted by atomic mass is 16.6. The van der Waals surface area contributed by atoms with Crippen LogP contribution in [0.25, 0.3) is 0 Å². The van der Waals surface area contributed by atoms with Crippen LogP contribution >= 0.6 is 0 Å². The molecular formula is C11H14O3. The van der Waals surface area contributed by atoms with Crippen LogP contribution in [0, 0.1) is 17.3 Å². The van der Waals surface area contributed by atoms with Gasteiger partial charge in [-0.25, -0.2) is 0 Å². The van der Waals surface area contributed by atoms with Crippen LogP contribution in [0.2, 0.25) is 0 Å². The van der Waals surface area contributed by atoms with Crippen molar-refractivity contribution in [3.8, 4) is 0 Å². The maximum Gasteiger partial charge on any atom is 0.321 e. The first kappa shape index (κ1) is 9.44. The van der Waals surface area contributed by atoms with E-state index in [-0.39, 0.29) is 23.8 Å². The minimum Gasteiger partial charge on any atom is -0.392 e. The Morgan fingerprint density at radius 3 is 2.71 bits per heavy atom. The molecule has 2 unspecified atom stereocenters. The van der Waals surface area contributed by atoms with Gasteiger partial charge >= 0.3 is 11.9 Å². The van der Waals surface area contributed by atoms with Gasteiger partial charge in [-0.05, 0) is 18.8 Å². The van der Waals surface area contributed by atoms with Gasteiger partial charge in [0.2, 0.25) is 0 Å². The SMILES string of the molecule is CC(C)C12CC=CCC1C(=O)OC2=O. The second-order valence-electron chi connectivity index (χ2n) is 4.37. The van der Waals surface area contributed by atoms with Gasteiger partial charge in [-0.2, -0.15) is 0 Å². The van der Waals surface area contributed by atoms with Crippen LogP contribution in [-0.4, -0.2) is 11.9 Å². The summed E-state index contributed by atoms with van der Waals surface area (Å²) in [6.07, 6.45) is 5.23. The molecule has 14 heavy (non-hydrogen) atoms. The number of rotatable bonds is 1. The lowest BCUT2D eigenvalue weighted by atomic mass is 9.64. The smallest absolute Gasteiger partial charge is 0.321 e. The number of cyclic esters (lactones) is 2. The molecule has 0 amide bonds. The predicted octanol–water partition coefficient (Wildman–Crippen LogP) is 1.68. The molecular weight excluding hydrogens is 180 g/mol. The number of ether oxygens (including phenoxy) is 1. The predicted molar refractivity (Wildman–Crippen MR) is 50.2 cm³/mol. The summed E-state index contributed by atoms with van der Waals surface area (Å²) in [6, 6.07) is 0. The van der Waals surface area contributed by atoms with Crippen LogP contribution in [0.4, 0.5) is 0 Å². The van der Waals surface area contributed by atoms with E-state index in [4.69, 9.17) is 4.74 Å². The summed E-state index contributed by atoms with van der Waals surface area (Å²) in [4.78, 5) is 23.2. The second kappa shape index (κ2) is 2.94. The van der Waals surface area contributed by atoms with Crippen molar-refractivity contribution in [1.29, 1.82) is 0 Å². The quantitative estimate of drug-likeness (QED) is 0.362. The molecule has 3 heteroatoms. The minimum atomic E-state index is -0.578. The van der Waals surface area contributed by atoms with Crippen molar-refractivity contribution >= 4 is 11.9 Å². The van der Waals surface area contributed by atoms with Gasteiger partial charge in [0.25, 0.3) is 0 Å². The summed E-state index contributed by atoms with van der Waals surface area (Å²) >= 11 is 0. The zero-order valence-corrected chi connectivity index (χ0v) is 8.45. The van der Waals surface area contributed by atoms with Crippen LogP contribution in [-0.2, 0) is 14.3 Å². The van der Waals surface area contributed by atoms with E-state index in [1.54, 1.807) is 0 Å². The fraction of sp³-hybridized carbons (Fsp3) is 0.636. The lowest BCUT2D eigenvalue weighted by molar-refractivity contribution is -0.156. The summed E-state index contributed by atoms with van der Waals surface area (Å²) in [7, 11) is 0. The van der Waals surface area contributed by atoms with E-state index in [1.807, 2.05) is 26.0 Å². The van der Waals surface area contributed by atoms with Crippen molar-refractivity contribution in [3.63, 3.8) is 0 Å². The molecule has 1 aliphatic heterocycles. The zero-order chi connectivity index (χ0) is 10.3. The van der Waals surface area contributed by atoms with E-state index in [2.05, 4.69) is 0 Å². The van der Waals surface area contributed by atoms with Crippen molar-refractivity contribution in [3.05, 3.63) is 12.2 Å². The summed E-state index contributed by atoms with van der Waals surface area (Å²) in [5.74, 6) is -0.767. The maximum absolute atomic E-state index is 11.7. The molecule has 0 aromatic heterocycles. The molecule has 0 radical (unpaired) electrons. The summed E-state index contributed by atoms with van der Waals surface area (Å²) in [5, 5.41) is 0. The van der Waals surface area contributed by atoms with E-state index < -0.39 is 5.41 Å². The van der Waals surface area contributed by atoms with E-state index in [0.29, 0.717) is 12.8 Å². The van der Waals surface area contributed by atoms with E-state index in [9.17, 15) is 9.59 Å². The first-order valence-electron chi connectivity index (χ1n) is 5.00. The molecule has 1 heterocycles. The highest BCUT2D eigenvalue weighted by Gasteiger charge is 2.58. The summed E-state index contributed by atoms with van der Waals surface area (Å²) in [6.45, 7) is 3.96. The third kappa shape index (κ3) is 0.982. The molecule has 1 aliphatic carbocycles. The summed E-state index contributed by atoms with van der Waals surface area (Å²) in [5.41, 5.74) is -0.578. The van der Waals surface area contributed by atoms with Gasteiger partial charge in [0.15, 0.2) is 0 Å². The topological polar surface area (TPSA) is 43.4 Å². The molecule has 0 saturated carbocycles. The second-order valence-corrected chi connectivity index (χ2v) is 4.37. The van der Waals surface area contributed by atoms with Gasteiger partial charge in [-0.15, -0.1) is 0 Å². The Bertz CT molecular complexity index is 316. The number of allylic oxidation sites excluding steroid dienone is 2. The number of fused-ring (bicyclic) bond motifs is 1. The third-order valence-electron chi connectivity index (χ3n) is 3.50. The van der Waals surface area contributed by atoms with Gasteiger partial charge in [0.05, 0.1) is 11.3 Å². The normalized spacial score (nSPS) is 36.1. The van der Waals surface area contributed by atoms with Gasteiger partial charge in [0.1, 0.15) is 0 Å². The lowest BCUT2D eigenvalue weighted by Crippen LogP contribution is -2.40. The molecule has 0 bridgehead atoms. The van der Waals surface area contributed by atoms with Crippen LogP contribution in [0.3, 0.4) is 0 Å². The van der Waals surface area contributed by atoms with E-state index >= 15 is 0 Å². The molecule has 2 atom stereocenters. The minimum absolute atomic E-state index is 0.149. The Balaban J connectivity index is 2.46. The monoisotopic (exact) mass is 194 g/mol. The Morgan fingerprint density at radius 2 is 2.14 bits per heavy atom. The largest absolute Gasteiger partial charge is 0.392 e. The Morgan fingerprint density at radius 1 is 1.43 bits per heavy atom. The van der Waals surface area contributed by atoms with Gasteiger partial charge in [0, 0.05) is 0 Å². The van der Waals surface area contributed by atoms with Gasteiger partial charge < -0.3 is 4.74 Å². The number of hydrogen-bond donors (Lipinski definition) is 0. The highest BCUT2D eigenvalue weighted by molar-refractivity contribution is 5.99. The van der Waals surface area contributed by atoms with Crippen molar-refractivity contribution in [2.45, 2.75) is 26.7 Å². The van der Waals surface area contributed by atoms with Crippen LogP contribution in [0.5, 0.6) is 0 Å². The standard InChI is InChI=1S/C11H14O3/c1-7(2)11-6-4-3-5-8(11)9(12)14-10(11)13/h3-4,7-8H,5-6H2,1-2H3. The highest BCUT2D eigenvalue weighted by Crippen LogP contribution is 2.49. The van der Waals surface area contributed by atoms with Crippen molar-refractivity contribution in [1.82, 2.24) is 0 Å². The average molecular weight is 194 g/mol. The molecule has 0 spiro atoms. The number of esters is 2. The fourth-order valence-corrected chi connectivity index (χ4v) is 2.53. The van der Waals surface area contributed by atoms with Crippen LogP contribution in [0.15, 0.2) is 12.2 Å². The van der Waals surface area contributed by atoms with Crippen molar-refractivity contribution in [2.24, 2.45) is 17.3 Å². The van der Waals surface area contributed by atoms with E-state index in [1.165, 1.54) is 0 Å². The Kier molecular flexibility index (Phi) is 1.98. The number of carbonyl (C=O) groups is 2. The molecule has 2 rings (SSSR count). The number of hydrogen-bond acceptors (Lipinski definition) is 3. The molecule has 3 nitrogen and oxygen atoms in total. The first-order chi connectivity index (χ1) is 6.59. The van der Waals surface area contributed by atoms with Crippen LogP contribution < -0.4 is 0 Å². The zero-order valence-electron chi connectivity index (χ0n) is 8.45. The molecule has 0 N–H and O–H groups in total. The molecule has 2 aliphatic rings. The lowest BCUT2D eigenvalue weighted by Gasteiger charge is -2.34. The van der Waals surface area contributed by atoms with Gasteiger partial charge in [-0.3, -0.25) is 9.59 Å². The first-order valence-corrected chi connectivity index (χ1v) is 5.00. The number of carbonyl (C=O) groups excluding carboxylic acids is 2. The Hall–Kier alpha value is -1.12. The molecule has 1 fully saturated rings. The van der Waals surface area contributed by atoms with Gasteiger partial charge in [-0.1, -0.05) is 26.0 Å². The van der Waals surface area contributed by atoms with Crippen molar-refractivity contribution in [2.75, 3.05) is 0 Å². The van der Waals surface area contributed by atoms with Crippen LogP contribution in [0.1, 0.15) is 26.7 Å². The van der Waals surface area contributed by atoms with Crippen molar-refractivity contribution < 1.29 is 14.3 Å². The molecule has 76 valence electrons. The molecule has 0 aromatic carbocycles. The maximum atomic E-state index is 11.7. The third-order valence-corrected chi connectivity index (χ3v) is 3.50. The fourth-order valence-electron chi connectivity index (χ4n) is 2.53. The summed E-state index contributed by atoms with van der Waals surface area (Å²) < 4.78 is 4.76. The Labute approximate surface area is 83.1 Å². The van der Waals surface area contributed by atoms with E-state index in [0.717, 1.165) is 0 Å². The molecule has 1 saturated heterocycles. The average Bonchev–Trinajstić information content (AvgIpc) is 2.41.